The van der Waals surface area contributed by atoms with Crippen molar-refractivity contribution in [3.05, 3.63) is 59.9 Å². The standard InChI is InChI=1S/C20H25N3O/c1-4-22(5-2)16-13-11-15(12-14-16)19(24)20-21-17-9-7-8-10-18(17)23(20)6-3/h7-14,19,24H,4-6H2,1-3H3. The first kappa shape index (κ1) is 16.5. The number of rotatable bonds is 6. The number of benzene rings is 2. The van der Waals surface area contributed by atoms with E-state index >= 15 is 0 Å². The third-order valence-electron chi connectivity index (χ3n) is 4.58. The third-order valence-corrected chi connectivity index (χ3v) is 4.58. The molecule has 1 atom stereocenters. The van der Waals surface area contributed by atoms with E-state index < -0.39 is 6.10 Å². The lowest BCUT2D eigenvalue weighted by Crippen LogP contribution is -2.21. The van der Waals surface area contributed by atoms with Gasteiger partial charge in [0.05, 0.1) is 11.0 Å². The van der Waals surface area contributed by atoms with Crippen LogP contribution >= 0.6 is 0 Å². The summed E-state index contributed by atoms with van der Waals surface area (Å²) in [5.74, 6) is 0.703. The molecule has 1 N–H and O–H groups in total. The van der Waals surface area contributed by atoms with Crippen LogP contribution in [0, 0.1) is 0 Å². The van der Waals surface area contributed by atoms with E-state index in [0.29, 0.717) is 5.82 Å². The monoisotopic (exact) mass is 323 g/mol. The van der Waals surface area contributed by atoms with Crippen LogP contribution in [0.1, 0.15) is 38.3 Å². The fourth-order valence-corrected chi connectivity index (χ4v) is 3.24. The fraction of sp³-hybridized carbons (Fsp3) is 0.350. The number of aliphatic hydroxyl groups is 1. The molecule has 2 aromatic carbocycles. The number of aliphatic hydroxyl groups excluding tert-OH is 1. The molecule has 24 heavy (non-hydrogen) atoms. The molecule has 3 rings (SSSR count). The van der Waals surface area contributed by atoms with E-state index in [2.05, 4.69) is 47.4 Å². The van der Waals surface area contributed by atoms with Crippen LogP contribution in [-0.4, -0.2) is 27.7 Å². The summed E-state index contributed by atoms with van der Waals surface area (Å²) in [5.41, 5.74) is 4.04. The van der Waals surface area contributed by atoms with Gasteiger partial charge in [0.25, 0.3) is 0 Å². The predicted octanol–water partition coefficient (Wildman–Crippen LogP) is 3.98. The summed E-state index contributed by atoms with van der Waals surface area (Å²) >= 11 is 0. The van der Waals surface area contributed by atoms with Crippen molar-refractivity contribution in [2.75, 3.05) is 18.0 Å². The van der Waals surface area contributed by atoms with E-state index in [4.69, 9.17) is 0 Å². The molecule has 0 aliphatic rings. The van der Waals surface area contributed by atoms with Gasteiger partial charge in [0.15, 0.2) is 0 Å². The van der Waals surface area contributed by atoms with E-state index in [0.717, 1.165) is 36.2 Å². The maximum atomic E-state index is 10.9. The zero-order valence-corrected chi connectivity index (χ0v) is 14.6. The molecule has 1 unspecified atom stereocenters. The number of hydrogen-bond donors (Lipinski definition) is 1. The van der Waals surface area contributed by atoms with Crippen molar-refractivity contribution < 1.29 is 5.11 Å². The van der Waals surface area contributed by atoms with E-state index in [1.54, 1.807) is 0 Å². The average Bonchev–Trinajstić information content (AvgIpc) is 3.01. The van der Waals surface area contributed by atoms with E-state index in [1.807, 2.05) is 36.4 Å². The van der Waals surface area contributed by atoms with Crippen LogP contribution in [0.3, 0.4) is 0 Å². The number of hydrogen-bond acceptors (Lipinski definition) is 3. The Hall–Kier alpha value is -2.33. The topological polar surface area (TPSA) is 41.3 Å². The lowest BCUT2D eigenvalue weighted by atomic mass is 10.1. The van der Waals surface area contributed by atoms with Gasteiger partial charge in [-0.05, 0) is 50.6 Å². The van der Waals surface area contributed by atoms with Gasteiger partial charge < -0.3 is 14.6 Å². The summed E-state index contributed by atoms with van der Waals surface area (Å²) in [6.45, 7) is 9.11. The van der Waals surface area contributed by atoms with Crippen molar-refractivity contribution in [2.24, 2.45) is 0 Å². The van der Waals surface area contributed by atoms with Gasteiger partial charge in [0.2, 0.25) is 0 Å². The van der Waals surface area contributed by atoms with Gasteiger partial charge in [-0.25, -0.2) is 4.98 Å². The number of nitrogens with zero attached hydrogens (tertiary/aromatic N) is 3. The van der Waals surface area contributed by atoms with Gasteiger partial charge in [0.1, 0.15) is 11.9 Å². The molecule has 0 aliphatic carbocycles. The Labute approximate surface area is 143 Å². The largest absolute Gasteiger partial charge is 0.380 e. The maximum Gasteiger partial charge on any atom is 0.143 e. The highest BCUT2D eigenvalue weighted by atomic mass is 16.3. The highest BCUT2D eigenvalue weighted by molar-refractivity contribution is 5.76. The summed E-state index contributed by atoms with van der Waals surface area (Å²) in [6.07, 6.45) is -0.719. The van der Waals surface area contributed by atoms with E-state index in [9.17, 15) is 5.11 Å². The molecule has 126 valence electrons. The van der Waals surface area contributed by atoms with Crippen LogP contribution in [0.4, 0.5) is 5.69 Å². The Morgan fingerprint density at radius 1 is 1.00 bits per heavy atom. The zero-order valence-electron chi connectivity index (χ0n) is 14.6. The molecule has 1 heterocycles. The van der Waals surface area contributed by atoms with Crippen molar-refractivity contribution in [3.8, 4) is 0 Å². The Balaban J connectivity index is 1.95. The van der Waals surface area contributed by atoms with Crippen LogP contribution < -0.4 is 4.90 Å². The van der Waals surface area contributed by atoms with Gasteiger partial charge in [-0.2, -0.15) is 0 Å². The smallest absolute Gasteiger partial charge is 0.143 e. The fourth-order valence-electron chi connectivity index (χ4n) is 3.24. The molecule has 0 saturated carbocycles. The van der Waals surface area contributed by atoms with Gasteiger partial charge in [-0.3, -0.25) is 0 Å². The molecular formula is C20H25N3O. The van der Waals surface area contributed by atoms with Crippen LogP contribution in [0.25, 0.3) is 11.0 Å². The first-order chi connectivity index (χ1) is 11.7. The van der Waals surface area contributed by atoms with Crippen molar-refractivity contribution >= 4 is 16.7 Å². The molecule has 0 fully saturated rings. The van der Waals surface area contributed by atoms with Crippen LogP contribution in [0.5, 0.6) is 0 Å². The summed E-state index contributed by atoms with van der Waals surface area (Å²) in [6, 6.07) is 16.2. The molecule has 3 aromatic rings. The summed E-state index contributed by atoms with van der Waals surface area (Å²) in [5, 5.41) is 10.9. The lowest BCUT2D eigenvalue weighted by Gasteiger charge is -2.21. The number of fused-ring (bicyclic) bond motifs is 1. The highest BCUT2D eigenvalue weighted by Crippen LogP contribution is 2.27. The molecule has 0 radical (unpaired) electrons. The number of aromatic nitrogens is 2. The van der Waals surface area contributed by atoms with Gasteiger partial charge in [-0.1, -0.05) is 24.3 Å². The third kappa shape index (κ3) is 2.89. The maximum absolute atomic E-state index is 10.9. The second-order valence-corrected chi connectivity index (χ2v) is 5.87. The summed E-state index contributed by atoms with van der Waals surface area (Å²) < 4.78 is 2.08. The number of aryl methyl sites for hydroxylation is 1. The van der Waals surface area contributed by atoms with Crippen LogP contribution in [0.2, 0.25) is 0 Å². The normalized spacial score (nSPS) is 12.5. The Morgan fingerprint density at radius 3 is 2.29 bits per heavy atom. The van der Waals surface area contributed by atoms with Gasteiger partial charge in [0, 0.05) is 25.3 Å². The molecule has 4 nitrogen and oxygen atoms in total. The summed E-state index contributed by atoms with van der Waals surface area (Å²) in [7, 11) is 0. The van der Waals surface area contributed by atoms with Crippen molar-refractivity contribution in [1.29, 1.82) is 0 Å². The summed E-state index contributed by atoms with van der Waals surface area (Å²) in [4.78, 5) is 6.94. The minimum Gasteiger partial charge on any atom is -0.380 e. The number of imidazole rings is 1. The lowest BCUT2D eigenvalue weighted by molar-refractivity contribution is 0.205. The van der Waals surface area contributed by atoms with Crippen molar-refractivity contribution in [2.45, 2.75) is 33.4 Å². The number of anilines is 1. The molecular weight excluding hydrogens is 298 g/mol. The minimum atomic E-state index is -0.719. The average molecular weight is 323 g/mol. The predicted molar refractivity (Wildman–Crippen MR) is 99.5 cm³/mol. The molecule has 1 aromatic heterocycles. The molecule has 0 spiro atoms. The SMILES string of the molecule is CCN(CC)c1ccc(C(O)c2nc3ccccc3n2CC)cc1. The quantitative estimate of drug-likeness (QED) is 0.746. The Kier molecular flexibility index (Phi) is 4.86. The molecule has 4 heteroatoms. The highest BCUT2D eigenvalue weighted by Gasteiger charge is 2.19. The first-order valence-electron chi connectivity index (χ1n) is 8.67. The minimum absolute atomic E-state index is 0.703. The Bertz CT molecular complexity index is 803. The zero-order chi connectivity index (χ0) is 17.1. The van der Waals surface area contributed by atoms with E-state index in [-0.39, 0.29) is 0 Å². The second kappa shape index (κ2) is 7.05. The number of para-hydroxylation sites is 2. The van der Waals surface area contributed by atoms with Crippen LogP contribution in [0.15, 0.2) is 48.5 Å². The molecule has 0 bridgehead atoms. The van der Waals surface area contributed by atoms with Crippen molar-refractivity contribution in [1.82, 2.24) is 9.55 Å². The van der Waals surface area contributed by atoms with E-state index in [1.165, 1.54) is 5.69 Å². The van der Waals surface area contributed by atoms with Crippen LogP contribution in [-0.2, 0) is 6.54 Å². The van der Waals surface area contributed by atoms with Gasteiger partial charge >= 0.3 is 0 Å². The first-order valence-corrected chi connectivity index (χ1v) is 8.67. The molecule has 0 amide bonds. The second-order valence-electron chi connectivity index (χ2n) is 5.87. The van der Waals surface area contributed by atoms with Gasteiger partial charge in [-0.15, -0.1) is 0 Å². The molecule has 0 aliphatic heterocycles. The Morgan fingerprint density at radius 2 is 1.67 bits per heavy atom. The van der Waals surface area contributed by atoms with Crippen molar-refractivity contribution in [3.63, 3.8) is 0 Å². The molecule has 0 saturated heterocycles.